The Morgan fingerprint density at radius 3 is 2.41 bits per heavy atom. The molecule has 0 bridgehead atoms. The molecule has 0 radical (unpaired) electrons. The van der Waals surface area contributed by atoms with Gasteiger partial charge < -0.3 is 10.0 Å². The lowest BCUT2D eigenvalue weighted by atomic mass is 10.2. The molecule has 1 heterocycles. The number of aromatic carboxylic acids is 1. The smallest absolute Gasteiger partial charge is 0.335 e. The summed E-state index contributed by atoms with van der Waals surface area (Å²) in [7, 11) is 1.92. The third-order valence-corrected chi connectivity index (χ3v) is 4.24. The summed E-state index contributed by atoms with van der Waals surface area (Å²) in [6.07, 6.45) is 0. The number of aromatic nitrogens is 1. The maximum Gasteiger partial charge on any atom is 0.335 e. The van der Waals surface area contributed by atoms with Gasteiger partial charge in [0.15, 0.2) is 0 Å². The van der Waals surface area contributed by atoms with Gasteiger partial charge in [-0.15, -0.1) is 11.3 Å². The fraction of sp³-hybridized carbons (Fsp3) is 0.0588. The van der Waals surface area contributed by atoms with Crippen LogP contribution in [-0.2, 0) is 0 Å². The van der Waals surface area contributed by atoms with Gasteiger partial charge in [-0.1, -0.05) is 30.3 Å². The minimum Gasteiger partial charge on any atom is -0.478 e. The Bertz CT molecular complexity index is 782. The zero-order valence-electron chi connectivity index (χ0n) is 11.9. The van der Waals surface area contributed by atoms with Crippen molar-refractivity contribution in [3.63, 3.8) is 0 Å². The summed E-state index contributed by atoms with van der Waals surface area (Å²) in [5.41, 5.74) is 2.27. The molecule has 0 aliphatic heterocycles. The number of nitrogens with zero attached hydrogens (tertiary/aromatic N) is 2. The van der Waals surface area contributed by atoms with Gasteiger partial charge >= 0.3 is 5.97 Å². The molecular weight excluding hydrogens is 296 g/mol. The second-order valence-electron chi connectivity index (χ2n) is 4.79. The van der Waals surface area contributed by atoms with Crippen LogP contribution in [0.1, 0.15) is 10.4 Å². The van der Waals surface area contributed by atoms with Gasteiger partial charge in [0.25, 0.3) is 0 Å². The Morgan fingerprint density at radius 1 is 1.09 bits per heavy atom. The molecule has 0 unspecified atom stereocenters. The van der Waals surface area contributed by atoms with Gasteiger partial charge in [0, 0.05) is 23.7 Å². The fourth-order valence-electron chi connectivity index (χ4n) is 2.09. The number of carbonyl (C=O) groups is 1. The Hall–Kier alpha value is -2.66. The fourth-order valence-corrected chi connectivity index (χ4v) is 2.94. The zero-order chi connectivity index (χ0) is 15.5. The van der Waals surface area contributed by atoms with Crippen molar-refractivity contribution < 1.29 is 9.90 Å². The van der Waals surface area contributed by atoms with Crippen LogP contribution in [0.4, 0.5) is 11.5 Å². The molecule has 0 amide bonds. The van der Waals surface area contributed by atoms with Gasteiger partial charge in [-0.3, -0.25) is 0 Å². The molecular formula is C17H14N2O2S. The monoisotopic (exact) mass is 310 g/mol. The topological polar surface area (TPSA) is 53.4 Å². The third-order valence-electron chi connectivity index (χ3n) is 3.36. The van der Waals surface area contributed by atoms with Gasteiger partial charge in [-0.05, 0) is 24.3 Å². The molecule has 3 aromatic rings. The van der Waals surface area contributed by atoms with Crippen molar-refractivity contribution in [3.8, 4) is 10.6 Å². The molecule has 1 N–H and O–H groups in total. The molecule has 2 aromatic carbocycles. The molecule has 4 nitrogen and oxygen atoms in total. The molecule has 0 atom stereocenters. The van der Waals surface area contributed by atoms with Gasteiger partial charge in [0.2, 0.25) is 0 Å². The number of thiazole rings is 1. The number of benzene rings is 2. The summed E-state index contributed by atoms with van der Waals surface area (Å²) in [6, 6.07) is 16.8. The van der Waals surface area contributed by atoms with E-state index >= 15 is 0 Å². The van der Waals surface area contributed by atoms with E-state index in [1.165, 1.54) is 0 Å². The van der Waals surface area contributed by atoms with Crippen LogP contribution >= 0.6 is 11.3 Å². The lowest BCUT2D eigenvalue weighted by molar-refractivity contribution is 0.0697. The van der Waals surface area contributed by atoms with Crippen LogP contribution in [-0.4, -0.2) is 23.1 Å². The van der Waals surface area contributed by atoms with Crippen LogP contribution in [0.15, 0.2) is 60.0 Å². The molecule has 3 rings (SSSR count). The van der Waals surface area contributed by atoms with Gasteiger partial charge in [0.1, 0.15) is 10.8 Å². The molecule has 0 saturated heterocycles. The number of hydrogen-bond donors (Lipinski definition) is 1. The average molecular weight is 310 g/mol. The van der Waals surface area contributed by atoms with Gasteiger partial charge in [-0.2, -0.15) is 0 Å². The second-order valence-corrected chi connectivity index (χ2v) is 5.65. The maximum atomic E-state index is 10.9. The van der Waals surface area contributed by atoms with E-state index in [4.69, 9.17) is 5.11 Å². The molecule has 0 spiro atoms. The predicted octanol–water partition coefficient (Wildman–Crippen LogP) is 4.28. The first-order valence-electron chi connectivity index (χ1n) is 6.73. The minimum absolute atomic E-state index is 0.278. The predicted molar refractivity (Wildman–Crippen MR) is 89.0 cm³/mol. The van der Waals surface area contributed by atoms with Gasteiger partial charge in [-0.25, -0.2) is 9.78 Å². The highest BCUT2D eigenvalue weighted by Crippen LogP contribution is 2.30. The first-order chi connectivity index (χ1) is 10.6. The minimum atomic E-state index is -0.922. The van der Waals surface area contributed by atoms with Crippen LogP contribution < -0.4 is 4.90 Å². The number of hydrogen-bond acceptors (Lipinski definition) is 4. The van der Waals surface area contributed by atoms with Crippen LogP contribution in [0.2, 0.25) is 0 Å². The Morgan fingerprint density at radius 2 is 1.77 bits per heavy atom. The Labute approximate surface area is 132 Å². The van der Waals surface area contributed by atoms with E-state index in [1.807, 2.05) is 47.7 Å². The summed E-state index contributed by atoms with van der Waals surface area (Å²) >= 11 is 1.59. The maximum absolute atomic E-state index is 10.9. The van der Waals surface area contributed by atoms with E-state index in [0.29, 0.717) is 0 Å². The number of carboxylic acids is 1. The lowest BCUT2D eigenvalue weighted by Crippen LogP contribution is -2.10. The van der Waals surface area contributed by atoms with E-state index in [0.717, 1.165) is 22.1 Å². The molecule has 1 aromatic heterocycles. The van der Waals surface area contributed by atoms with Crippen molar-refractivity contribution in [1.29, 1.82) is 0 Å². The molecule has 5 heteroatoms. The standard InChI is InChI=1S/C17H14N2O2S/c1-19(14-9-7-13(8-10-14)17(20)21)15-11-22-16(18-15)12-5-3-2-4-6-12/h2-11H,1H3,(H,20,21). The Balaban J connectivity index is 1.85. The van der Waals surface area contributed by atoms with E-state index in [-0.39, 0.29) is 5.56 Å². The van der Waals surface area contributed by atoms with Crippen molar-refractivity contribution in [3.05, 3.63) is 65.5 Å². The van der Waals surface area contributed by atoms with E-state index < -0.39 is 5.97 Å². The molecule has 110 valence electrons. The molecule has 0 aliphatic rings. The van der Waals surface area contributed by atoms with Crippen LogP contribution in [0.5, 0.6) is 0 Å². The van der Waals surface area contributed by atoms with Crippen molar-refractivity contribution >= 4 is 28.8 Å². The van der Waals surface area contributed by atoms with Crippen molar-refractivity contribution in [2.75, 3.05) is 11.9 Å². The Kier molecular flexibility index (Phi) is 3.89. The summed E-state index contributed by atoms with van der Waals surface area (Å²) < 4.78 is 0. The third kappa shape index (κ3) is 2.84. The van der Waals surface area contributed by atoms with E-state index in [1.54, 1.807) is 35.6 Å². The molecule has 22 heavy (non-hydrogen) atoms. The first-order valence-corrected chi connectivity index (χ1v) is 7.61. The zero-order valence-corrected chi connectivity index (χ0v) is 12.7. The van der Waals surface area contributed by atoms with E-state index in [2.05, 4.69) is 4.98 Å². The lowest BCUT2D eigenvalue weighted by Gasteiger charge is -2.16. The first kappa shape index (κ1) is 14.3. The van der Waals surface area contributed by atoms with Crippen LogP contribution in [0.25, 0.3) is 10.6 Å². The summed E-state index contributed by atoms with van der Waals surface area (Å²) in [6.45, 7) is 0. The van der Waals surface area contributed by atoms with E-state index in [9.17, 15) is 4.79 Å². The molecule has 0 saturated carbocycles. The van der Waals surface area contributed by atoms with Crippen molar-refractivity contribution in [1.82, 2.24) is 4.98 Å². The quantitative estimate of drug-likeness (QED) is 0.781. The largest absolute Gasteiger partial charge is 0.478 e. The molecule has 0 aliphatic carbocycles. The van der Waals surface area contributed by atoms with Crippen molar-refractivity contribution in [2.24, 2.45) is 0 Å². The highest BCUT2D eigenvalue weighted by atomic mass is 32.1. The van der Waals surface area contributed by atoms with Crippen LogP contribution in [0.3, 0.4) is 0 Å². The highest BCUT2D eigenvalue weighted by Gasteiger charge is 2.11. The molecule has 0 fully saturated rings. The number of carboxylic acid groups (broad SMARTS) is 1. The number of rotatable bonds is 4. The van der Waals surface area contributed by atoms with Crippen molar-refractivity contribution in [2.45, 2.75) is 0 Å². The summed E-state index contributed by atoms with van der Waals surface area (Å²) in [5.74, 6) is -0.0823. The second kappa shape index (κ2) is 5.99. The van der Waals surface area contributed by atoms with Crippen LogP contribution in [0, 0.1) is 0 Å². The van der Waals surface area contributed by atoms with Gasteiger partial charge in [0.05, 0.1) is 5.56 Å². The summed E-state index contributed by atoms with van der Waals surface area (Å²) in [4.78, 5) is 17.5. The SMILES string of the molecule is CN(c1ccc(C(=O)O)cc1)c1csc(-c2ccccc2)n1. The number of anilines is 2. The average Bonchev–Trinajstić information content (AvgIpc) is 3.05. The normalized spacial score (nSPS) is 10.4. The highest BCUT2D eigenvalue weighted by molar-refractivity contribution is 7.13. The summed E-state index contributed by atoms with van der Waals surface area (Å²) in [5, 5.41) is 11.9.